The zero-order chi connectivity index (χ0) is 15.7. The molecule has 0 fully saturated rings. The summed E-state index contributed by atoms with van der Waals surface area (Å²) in [4.78, 5) is 11.0. The number of carbonyl (C=O) groups is 1. The molecular formula is C11H14F3NO4S. The van der Waals surface area contributed by atoms with E-state index < -0.39 is 33.4 Å². The van der Waals surface area contributed by atoms with Crippen molar-refractivity contribution in [2.24, 2.45) is 0 Å². The number of aromatic nitrogens is 1. The van der Waals surface area contributed by atoms with Gasteiger partial charge in [0.25, 0.3) is 0 Å². The van der Waals surface area contributed by atoms with E-state index >= 15 is 0 Å². The second-order valence-electron chi connectivity index (χ2n) is 4.50. The Labute approximate surface area is 113 Å². The van der Waals surface area contributed by atoms with Crippen LogP contribution in [0.1, 0.15) is 28.2 Å². The van der Waals surface area contributed by atoms with E-state index in [1.807, 2.05) is 0 Å². The quantitative estimate of drug-likeness (QED) is 0.901. The third-order valence-corrected chi connectivity index (χ3v) is 3.71. The SMILES string of the molecule is Cc1cc(C(F)(F)F)n(CCCS(C)(=O)=O)c1C(=O)O. The fraction of sp³-hybridized carbons (Fsp3) is 0.545. The van der Waals surface area contributed by atoms with Gasteiger partial charge < -0.3 is 9.67 Å². The maximum atomic E-state index is 12.8. The summed E-state index contributed by atoms with van der Waals surface area (Å²) >= 11 is 0. The molecule has 0 saturated carbocycles. The summed E-state index contributed by atoms with van der Waals surface area (Å²) in [6.45, 7) is 0.948. The van der Waals surface area contributed by atoms with Crippen molar-refractivity contribution in [2.75, 3.05) is 12.0 Å². The molecule has 5 nitrogen and oxygen atoms in total. The van der Waals surface area contributed by atoms with Crippen LogP contribution in [0, 0.1) is 6.92 Å². The fourth-order valence-electron chi connectivity index (χ4n) is 1.92. The molecule has 1 aromatic heterocycles. The molecule has 1 N–H and O–H groups in total. The lowest BCUT2D eigenvalue weighted by atomic mass is 10.2. The van der Waals surface area contributed by atoms with Crippen molar-refractivity contribution in [1.82, 2.24) is 4.57 Å². The van der Waals surface area contributed by atoms with Gasteiger partial charge in [0.05, 0.1) is 5.75 Å². The van der Waals surface area contributed by atoms with Crippen molar-refractivity contribution in [1.29, 1.82) is 0 Å². The molecule has 0 radical (unpaired) electrons. The minimum Gasteiger partial charge on any atom is -0.477 e. The summed E-state index contributed by atoms with van der Waals surface area (Å²) < 4.78 is 61.1. The highest BCUT2D eigenvalue weighted by Crippen LogP contribution is 2.33. The van der Waals surface area contributed by atoms with Crippen molar-refractivity contribution in [2.45, 2.75) is 26.1 Å². The zero-order valence-electron chi connectivity index (χ0n) is 10.9. The molecule has 9 heteroatoms. The molecular weight excluding hydrogens is 299 g/mol. The van der Waals surface area contributed by atoms with Gasteiger partial charge in [-0.25, -0.2) is 13.2 Å². The second-order valence-corrected chi connectivity index (χ2v) is 6.76. The van der Waals surface area contributed by atoms with Crippen LogP contribution in [0.25, 0.3) is 0 Å². The first kappa shape index (κ1) is 16.5. The molecule has 1 aromatic rings. The number of carboxylic acid groups (broad SMARTS) is 1. The smallest absolute Gasteiger partial charge is 0.431 e. The summed E-state index contributed by atoms with van der Waals surface area (Å²) in [5.41, 5.74) is -1.56. The molecule has 20 heavy (non-hydrogen) atoms. The van der Waals surface area contributed by atoms with Crippen molar-refractivity contribution < 1.29 is 31.5 Å². The molecule has 0 unspecified atom stereocenters. The highest BCUT2D eigenvalue weighted by molar-refractivity contribution is 7.90. The Morgan fingerprint density at radius 2 is 1.95 bits per heavy atom. The van der Waals surface area contributed by atoms with E-state index in [0.717, 1.165) is 12.3 Å². The molecule has 0 atom stereocenters. The van der Waals surface area contributed by atoms with E-state index in [0.29, 0.717) is 4.57 Å². The highest BCUT2D eigenvalue weighted by atomic mass is 32.2. The van der Waals surface area contributed by atoms with Crippen LogP contribution in [0.2, 0.25) is 0 Å². The topological polar surface area (TPSA) is 76.4 Å². The van der Waals surface area contributed by atoms with E-state index in [1.165, 1.54) is 6.92 Å². The molecule has 0 aromatic carbocycles. The lowest BCUT2D eigenvalue weighted by Gasteiger charge is -2.13. The Bertz CT molecular complexity index is 616. The number of halogens is 3. The molecule has 1 heterocycles. The number of hydrogen-bond donors (Lipinski definition) is 1. The van der Waals surface area contributed by atoms with Gasteiger partial charge in [-0.15, -0.1) is 0 Å². The van der Waals surface area contributed by atoms with Crippen molar-refractivity contribution in [3.05, 3.63) is 23.0 Å². The van der Waals surface area contributed by atoms with Crippen LogP contribution in [0.4, 0.5) is 13.2 Å². The second kappa shape index (κ2) is 5.47. The predicted molar refractivity (Wildman–Crippen MR) is 65.5 cm³/mol. The first-order valence-corrected chi connectivity index (χ1v) is 7.68. The van der Waals surface area contributed by atoms with E-state index in [2.05, 4.69) is 0 Å². The van der Waals surface area contributed by atoms with Crippen molar-refractivity contribution in [3.8, 4) is 0 Å². The van der Waals surface area contributed by atoms with Gasteiger partial charge in [-0.1, -0.05) is 0 Å². The fourth-order valence-corrected chi connectivity index (χ4v) is 2.57. The third-order valence-electron chi connectivity index (χ3n) is 2.68. The van der Waals surface area contributed by atoms with Crippen molar-refractivity contribution >= 4 is 15.8 Å². The van der Waals surface area contributed by atoms with Gasteiger partial charge in [-0.3, -0.25) is 0 Å². The normalized spacial score (nSPS) is 12.7. The lowest BCUT2D eigenvalue weighted by molar-refractivity contribution is -0.143. The monoisotopic (exact) mass is 313 g/mol. The molecule has 114 valence electrons. The number of sulfone groups is 1. The van der Waals surface area contributed by atoms with Crippen LogP contribution in [-0.2, 0) is 22.6 Å². The third kappa shape index (κ3) is 3.99. The zero-order valence-corrected chi connectivity index (χ0v) is 11.7. The van der Waals surface area contributed by atoms with Gasteiger partial charge in [0.15, 0.2) is 0 Å². The molecule has 0 aliphatic rings. The van der Waals surface area contributed by atoms with Gasteiger partial charge >= 0.3 is 12.1 Å². The molecule has 0 spiro atoms. The Morgan fingerprint density at radius 1 is 1.40 bits per heavy atom. The Hall–Kier alpha value is -1.51. The molecule has 0 aliphatic carbocycles. The predicted octanol–water partition coefficient (Wildman–Crippen LogP) is 1.95. The summed E-state index contributed by atoms with van der Waals surface area (Å²) in [6, 6.07) is 0.754. The Kier molecular flexibility index (Phi) is 4.52. The number of nitrogens with zero attached hydrogens (tertiary/aromatic N) is 1. The number of rotatable bonds is 5. The lowest BCUT2D eigenvalue weighted by Crippen LogP contribution is -2.19. The van der Waals surface area contributed by atoms with Crippen molar-refractivity contribution in [3.63, 3.8) is 0 Å². The van der Waals surface area contributed by atoms with E-state index in [9.17, 15) is 26.4 Å². The van der Waals surface area contributed by atoms with Crippen LogP contribution in [0.5, 0.6) is 0 Å². The minimum atomic E-state index is -4.69. The number of carboxylic acids is 1. The van der Waals surface area contributed by atoms with E-state index in [4.69, 9.17) is 5.11 Å². The minimum absolute atomic E-state index is 0.0100. The van der Waals surface area contributed by atoms with E-state index in [1.54, 1.807) is 0 Å². The molecule has 0 bridgehead atoms. The average molecular weight is 313 g/mol. The number of aromatic carboxylic acids is 1. The maximum absolute atomic E-state index is 12.8. The van der Waals surface area contributed by atoms with Crippen LogP contribution >= 0.6 is 0 Å². The molecule has 0 amide bonds. The van der Waals surface area contributed by atoms with Crippen LogP contribution in [0.15, 0.2) is 6.07 Å². The Balaban J connectivity index is 3.17. The first-order valence-electron chi connectivity index (χ1n) is 5.62. The number of hydrogen-bond acceptors (Lipinski definition) is 3. The van der Waals surface area contributed by atoms with Gasteiger partial charge in [0, 0.05) is 12.8 Å². The highest BCUT2D eigenvalue weighted by Gasteiger charge is 2.37. The number of aryl methyl sites for hydroxylation is 1. The summed E-state index contributed by atoms with van der Waals surface area (Å²) in [5, 5.41) is 8.98. The van der Waals surface area contributed by atoms with Crippen LogP contribution in [-0.4, -0.2) is 36.1 Å². The average Bonchev–Trinajstić information content (AvgIpc) is 2.53. The summed E-state index contributed by atoms with van der Waals surface area (Å²) in [5.74, 6) is -1.78. The van der Waals surface area contributed by atoms with Gasteiger partial charge in [-0.05, 0) is 25.0 Å². The van der Waals surface area contributed by atoms with Crippen LogP contribution in [0.3, 0.4) is 0 Å². The first-order chi connectivity index (χ1) is 8.93. The molecule has 0 aliphatic heterocycles. The molecule has 0 saturated heterocycles. The van der Waals surface area contributed by atoms with Gasteiger partial charge in [0.1, 0.15) is 21.2 Å². The number of alkyl halides is 3. The summed E-state index contributed by atoms with van der Waals surface area (Å²) in [7, 11) is -3.31. The molecule has 1 rings (SSSR count). The standard InChI is InChI=1S/C11H14F3NO4S/c1-7-6-8(11(12,13)14)15(9(7)10(16)17)4-3-5-20(2,18)19/h6H,3-5H2,1-2H3,(H,16,17). The Morgan fingerprint density at radius 3 is 2.35 bits per heavy atom. The summed E-state index contributed by atoms with van der Waals surface area (Å²) in [6.07, 6.45) is -3.81. The van der Waals surface area contributed by atoms with Gasteiger partial charge in [0.2, 0.25) is 0 Å². The van der Waals surface area contributed by atoms with E-state index in [-0.39, 0.29) is 24.3 Å². The maximum Gasteiger partial charge on any atom is 0.431 e. The van der Waals surface area contributed by atoms with Crippen LogP contribution < -0.4 is 0 Å². The van der Waals surface area contributed by atoms with Gasteiger partial charge in [-0.2, -0.15) is 13.2 Å². The largest absolute Gasteiger partial charge is 0.477 e.